The molecule has 0 atom stereocenters. The van der Waals surface area contributed by atoms with Crippen molar-refractivity contribution in [2.24, 2.45) is 16.6 Å². The lowest BCUT2D eigenvalue weighted by atomic mass is 10.00. The Kier molecular flexibility index (Phi) is 6.50. The van der Waals surface area contributed by atoms with E-state index in [-0.39, 0.29) is 49.0 Å². The van der Waals surface area contributed by atoms with Gasteiger partial charge in [-0.3, -0.25) is 14.7 Å². The van der Waals surface area contributed by atoms with Crippen LogP contribution in [0.2, 0.25) is 0 Å². The lowest BCUT2D eigenvalue weighted by molar-refractivity contribution is -0.124. The highest BCUT2D eigenvalue weighted by Crippen LogP contribution is 2.15. The van der Waals surface area contributed by atoms with Gasteiger partial charge in [0.05, 0.1) is 19.6 Å². The molecule has 7 nitrogen and oxygen atoms in total. The van der Waals surface area contributed by atoms with E-state index in [0.717, 1.165) is 31.8 Å². The third-order valence-corrected chi connectivity index (χ3v) is 3.64. The van der Waals surface area contributed by atoms with Gasteiger partial charge >= 0.3 is 6.03 Å². The minimum Gasteiger partial charge on any atom is -0.370 e. The molecule has 20 heavy (non-hydrogen) atoms. The van der Waals surface area contributed by atoms with Crippen LogP contribution in [0.5, 0.6) is 0 Å². The Balaban J connectivity index is 0.00000200. The second-order valence-corrected chi connectivity index (χ2v) is 5.11. The van der Waals surface area contributed by atoms with E-state index >= 15 is 0 Å². The molecule has 3 amide bonds. The number of guanidine groups is 1. The highest BCUT2D eigenvalue weighted by atomic mass is 127. The molecule has 0 saturated carbocycles. The minimum atomic E-state index is -0.342. The van der Waals surface area contributed by atoms with Gasteiger partial charge < -0.3 is 16.0 Å². The number of hydrogen-bond acceptors (Lipinski definition) is 3. The number of aliphatic imine (C=N–C) groups is 1. The molecule has 2 saturated heterocycles. The molecule has 0 aromatic heterocycles. The topological polar surface area (TPSA) is 91.0 Å². The number of carbonyl (C=O) groups is 2. The summed E-state index contributed by atoms with van der Waals surface area (Å²) in [6.07, 6.45) is 2.26. The predicted octanol–water partition coefficient (Wildman–Crippen LogP) is 0.203. The van der Waals surface area contributed by atoms with E-state index < -0.39 is 0 Å². The molecule has 0 aliphatic carbocycles. The van der Waals surface area contributed by atoms with Crippen molar-refractivity contribution >= 4 is 41.9 Å². The normalized spacial score (nSPS) is 20.9. The average Bonchev–Trinajstić information content (AvgIpc) is 2.71. The number of nitrogens with one attached hydrogen (secondary N) is 1. The van der Waals surface area contributed by atoms with E-state index in [1.165, 1.54) is 4.90 Å². The van der Waals surface area contributed by atoms with Gasteiger partial charge in [0, 0.05) is 13.1 Å². The molecule has 3 N–H and O–H groups in total. The Morgan fingerprint density at radius 3 is 2.60 bits per heavy atom. The van der Waals surface area contributed by atoms with Crippen LogP contribution in [0, 0.1) is 5.92 Å². The smallest absolute Gasteiger partial charge is 0.324 e. The number of nitrogens with two attached hydrogens (primary N) is 1. The summed E-state index contributed by atoms with van der Waals surface area (Å²) in [4.78, 5) is 30.1. The van der Waals surface area contributed by atoms with Crippen molar-refractivity contribution in [2.75, 3.05) is 32.7 Å². The van der Waals surface area contributed by atoms with Crippen molar-refractivity contribution in [3.63, 3.8) is 0 Å². The molecule has 2 aliphatic rings. The maximum Gasteiger partial charge on any atom is 0.324 e. The Hall–Kier alpha value is -1.06. The van der Waals surface area contributed by atoms with Crippen LogP contribution in [0.15, 0.2) is 4.99 Å². The van der Waals surface area contributed by atoms with Crippen molar-refractivity contribution in [3.8, 4) is 0 Å². The SMILES string of the molecule is CC1CCN(C(N)=NCCN2C(=O)CNC2=O)CC1.I. The van der Waals surface area contributed by atoms with Crippen molar-refractivity contribution in [2.45, 2.75) is 19.8 Å². The molecule has 2 fully saturated rings. The summed E-state index contributed by atoms with van der Waals surface area (Å²) in [5.74, 6) is 1.06. The first kappa shape index (κ1) is 17.0. The van der Waals surface area contributed by atoms with Gasteiger partial charge in [-0.1, -0.05) is 6.92 Å². The first-order chi connectivity index (χ1) is 9.08. The summed E-state index contributed by atoms with van der Waals surface area (Å²) < 4.78 is 0. The van der Waals surface area contributed by atoms with Gasteiger partial charge in [-0.15, -0.1) is 24.0 Å². The van der Waals surface area contributed by atoms with Crippen LogP contribution in [0.4, 0.5) is 4.79 Å². The molecule has 0 unspecified atom stereocenters. The number of urea groups is 1. The largest absolute Gasteiger partial charge is 0.370 e. The lowest BCUT2D eigenvalue weighted by Crippen LogP contribution is -2.43. The van der Waals surface area contributed by atoms with E-state index in [1.807, 2.05) is 0 Å². The Bertz CT molecular complexity index is 377. The van der Waals surface area contributed by atoms with Gasteiger partial charge in [0.1, 0.15) is 0 Å². The first-order valence-corrected chi connectivity index (χ1v) is 6.71. The van der Waals surface area contributed by atoms with Gasteiger partial charge in [-0.05, 0) is 18.8 Å². The predicted molar refractivity (Wildman–Crippen MR) is 87.0 cm³/mol. The van der Waals surface area contributed by atoms with E-state index in [0.29, 0.717) is 12.5 Å². The summed E-state index contributed by atoms with van der Waals surface area (Å²) in [5, 5.41) is 2.47. The van der Waals surface area contributed by atoms with Crippen molar-refractivity contribution in [1.29, 1.82) is 0 Å². The fraction of sp³-hybridized carbons (Fsp3) is 0.750. The summed E-state index contributed by atoms with van der Waals surface area (Å²) >= 11 is 0. The number of hydrogen-bond donors (Lipinski definition) is 2. The Labute approximate surface area is 136 Å². The molecule has 114 valence electrons. The van der Waals surface area contributed by atoms with Crippen LogP contribution in [-0.2, 0) is 4.79 Å². The number of imide groups is 1. The first-order valence-electron chi connectivity index (χ1n) is 6.71. The number of likely N-dealkylation sites (tertiary alicyclic amines) is 1. The molecule has 2 rings (SSSR count). The average molecular weight is 395 g/mol. The van der Waals surface area contributed by atoms with Gasteiger partial charge in [-0.25, -0.2) is 4.79 Å². The molecule has 0 radical (unpaired) electrons. The highest BCUT2D eigenvalue weighted by Gasteiger charge is 2.27. The van der Waals surface area contributed by atoms with Crippen molar-refractivity contribution < 1.29 is 9.59 Å². The van der Waals surface area contributed by atoms with Gasteiger partial charge in [0.2, 0.25) is 5.91 Å². The molecule has 0 spiro atoms. The van der Waals surface area contributed by atoms with Crippen LogP contribution < -0.4 is 11.1 Å². The second-order valence-electron chi connectivity index (χ2n) is 5.11. The molecule has 8 heteroatoms. The molecule has 2 aliphatic heterocycles. The number of piperidine rings is 1. The van der Waals surface area contributed by atoms with E-state index in [4.69, 9.17) is 5.73 Å². The third-order valence-electron chi connectivity index (χ3n) is 3.64. The quantitative estimate of drug-likeness (QED) is 0.309. The Morgan fingerprint density at radius 1 is 1.40 bits per heavy atom. The standard InChI is InChI=1S/C12H21N5O2.HI/c1-9-2-5-16(6-3-9)11(13)14-4-7-17-10(18)8-15-12(17)19;/h9H,2-8H2,1H3,(H2,13,14)(H,15,19);1H. The molecule has 0 bridgehead atoms. The maximum atomic E-state index is 11.4. The van der Waals surface area contributed by atoms with Crippen LogP contribution >= 0.6 is 24.0 Å². The van der Waals surface area contributed by atoms with E-state index in [1.54, 1.807) is 0 Å². The monoisotopic (exact) mass is 395 g/mol. The van der Waals surface area contributed by atoms with Gasteiger partial charge in [0.15, 0.2) is 5.96 Å². The molecule has 0 aromatic carbocycles. The van der Waals surface area contributed by atoms with E-state index in [2.05, 4.69) is 22.1 Å². The number of carbonyl (C=O) groups excluding carboxylic acids is 2. The van der Waals surface area contributed by atoms with Crippen LogP contribution in [0.3, 0.4) is 0 Å². The zero-order valence-corrected chi connectivity index (χ0v) is 14.0. The maximum absolute atomic E-state index is 11.4. The lowest BCUT2D eigenvalue weighted by Gasteiger charge is -2.31. The fourth-order valence-electron chi connectivity index (χ4n) is 2.28. The minimum absolute atomic E-state index is 0. The summed E-state index contributed by atoms with van der Waals surface area (Å²) in [7, 11) is 0. The van der Waals surface area contributed by atoms with Gasteiger partial charge in [0.25, 0.3) is 0 Å². The van der Waals surface area contributed by atoms with Gasteiger partial charge in [-0.2, -0.15) is 0 Å². The van der Waals surface area contributed by atoms with Crippen LogP contribution in [0.1, 0.15) is 19.8 Å². The molecular weight excluding hydrogens is 373 g/mol. The second kappa shape index (κ2) is 7.65. The Morgan fingerprint density at radius 2 is 2.05 bits per heavy atom. The molecular formula is C12H22IN5O2. The van der Waals surface area contributed by atoms with Crippen LogP contribution in [-0.4, -0.2) is 60.4 Å². The summed E-state index contributed by atoms with van der Waals surface area (Å²) in [6.45, 7) is 4.83. The summed E-state index contributed by atoms with van der Waals surface area (Å²) in [6, 6.07) is -0.342. The zero-order chi connectivity index (χ0) is 13.8. The number of amides is 3. The van der Waals surface area contributed by atoms with Crippen molar-refractivity contribution in [3.05, 3.63) is 0 Å². The zero-order valence-electron chi connectivity index (χ0n) is 11.7. The fourth-order valence-corrected chi connectivity index (χ4v) is 2.28. The molecule has 2 heterocycles. The number of halogens is 1. The number of nitrogens with zero attached hydrogens (tertiary/aromatic N) is 3. The van der Waals surface area contributed by atoms with Crippen molar-refractivity contribution in [1.82, 2.24) is 15.1 Å². The highest BCUT2D eigenvalue weighted by molar-refractivity contribution is 14.0. The van der Waals surface area contributed by atoms with Crippen LogP contribution in [0.25, 0.3) is 0 Å². The third kappa shape index (κ3) is 4.22. The molecule has 0 aromatic rings. The number of rotatable bonds is 3. The van der Waals surface area contributed by atoms with E-state index in [9.17, 15) is 9.59 Å². The summed E-state index contributed by atoms with van der Waals surface area (Å²) in [5.41, 5.74) is 5.92.